The van der Waals surface area contributed by atoms with E-state index in [4.69, 9.17) is 9.47 Å². The van der Waals surface area contributed by atoms with Crippen molar-refractivity contribution in [3.63, 3.8) is 0 Å². The van der Waals surface area contributed by atoms with Crippen molar-refractivity contribution in [2.24, 2.45) is 0 Å². The molecule has 0 spiro atoms. The Kier molecular flexibility index (Phi) is 8.12. The molecular weight excluding hydrogens is 442 g/mol. The number of amides is 1. The van der Waals surface area contributed by atoms with Gasteiger partial charge in [0.2, 0.25) is 15.9 Å². The molecule has 8 nitrogen and oxygen atoms in total. The first-order chi connectivity index (χ1) is 15.6. The van der Waals surface area contributed by atoms with Crippen molar-refractivity contribution < 1.29 is 22.7 Å². The number of nitrogens with zero attached hydrogens (tertiary/aromatic N) is 2. The monoisotopic (exact) mass is 475 g/mol. The van der Waals surface area contributed by atoms with Gasteiger partial charge in [0.1, 0.15) is 5.75 Å². The van der Waals surface area contributed by atoms with Crippen molar-refractivity contribution in [1.82, 2.24) is 9.21 Å². The van der Waals surface area contributed by atoms with Crippen LogP contribution < -0.4 is 10.1 Å². The quantitative estimate of drug-likeness (QED) is 0.631. The topological polar surface area (TPSA) is 88.2 Å². The molecular formula is C24H33N3O5S. The molecule has 1 aliphatic rings. The summed E-state index contributed by atoms with van der Waals surface area (Å²) in [7, 11) is -0.121. The minimum Gasteiger partial charge on any atom is -0.496 e. The van der Waals surface area contributed by atoms with Crippen molar-refractivity contribution in [3.8, 4) is 5.75 Å². The second kappa shape index (κ2) is 10.6. The van der Waals surface area contributed by atoms with Crippen LogP contribution in [-0.2, 0) is 19.6 Å². The maximum Gasteiger partial charge on any atom is 0.243 e. The van der Waals surface area contributed by atoms with Crippen LogP contribution in [0, 0.1) is 0 Å². The number of anilines is 1. The number of carbonyl (C=O) groups is 1. The summed E-state index contributed by atoms with van der Waals surface area (Å²) in [6.07, 6.45) is -0.311. The Bertz CT molecular complexity index is 1050. The van der Waals surface area contributed by atoms with E-state index >= 15 is 0 Å². The first-order valence-electron chi connectivity index (χ1n) is 11.0. The third-order valence-electron chi connectivity index (χ3n) is 5.81. The van der Waals surface area contributed by atoms with Gasteiger partial charge < -0.3 is 14.8 Å². The van der Waals surface area contributed by atoms with E-state index in [1.54, 1.807) is 19.2 Å². The highest BCUT2D eigenvalue weighted by atomic mass is 32.2. The molecule has 33 heavy (non-hydrogen) atoms. The summed E-state index contributed by atoms with van der Waals surface area (Å²) in [5.41, 5.74) is 1.54. The largest absolute Gasteiger partial charge is 0.496 e. The van der Waals surface area contributed by atoms with Crippen molar-refractivity contribution in [2.75, 3.05) is 39.1 Å². The van der Waals surface area contributed by atoms with Gasteiger partial charge >= 0.3 is 0 Å². The van der Waals surface area contributed by atoms with E-state index in [-0.39, 0.29) is 35.6 Å². The van der Waals surface area contributed by atoms with Gasteiger partial charge in [-0.15, -0.1) is 0 Å². The molecule has 1 aliphatic heterocycles. The van der Waals surface area contributed by atoms with E-state index in [0.717, 1.165) is 11.3 Å². The first kappa shape index (κ1) is 25.2. The molecule has 0 saturated carbocycles. The Balaban J connectivity index is 1.62. The number of hydrogen-bond donors (Lipinski definition) is 1. The van der Waals surface area contributed by atoms with Gasteiger partial charge in [-0.2, -0.15) is 4.31 Å². The Morgan fingerprint density at radius 3 is 2.36 bits per heavy atom. The van der Waals surface area contributed by atoms with Crippen LogP contribution in [0.15, 0.2) is 53.4 Å². The molecule has 1 heterocycles. The number of carbonyl (C=O) groups excluding carboxylic acids is 1. The van der Waals surface area contributed by atoms with E-state index in [1.807, 2.05) is 57.0 Å². The van der Waals surface area contributed by atoms with Crippen LogP contribution in [0.1, 0.15) is 32.4 Å². The first-order valence-corrected chi connectivity index (χ1v) is 12.4. The average molecular weight is 476 g/mol. The summed E-state index contributed by atoms with van der Waals surface area (Å²) >= 11 is 0. The number of methoxy groups -OCH3 is 1. The van der Waals surface area contributed by atoms with Crippen LogP contribution in [0.2, 0.25) is 0 Å². The van der Waals surface area contributed by atoms with Crippen LogP contribution in [0.25, 0.3) is 0 Å². The van der Waals surface area contributed by atoms with Gasteiger partial charge in [0.25, 0.3) is 0 Å². The molecule has 2 aromatic carbocycles. The number of hydrogen-bond acceptors (Lipinski definition) is 6. The number of morpholine rings is 1. The van der Waals surface area contributed by atoms with Crippen LogP contribution >= 0.6 is 0 Å². The molecule has 0 aliphatic carbocycles. The molecule has 3 atom stereocenters. The lowest BCUT2D eigenvalue weighted by Crippen LogP contribution is -2.48. The zero-order valence-electron chi connectivity index (χ0n) is 19.8. The summed E-state index contributed by atoms with van der Waals surface area (Å²) in [6, 6.07) is 14.0. The SMILES string of the molecule is COc1ccccc1C(C)N(C)CC(=O)Nc1ccc(S(=O)(=O)N2CC(C)OC(C)C2)cc1. The van der Waals surface area contributed by atoms with Gasteiger partial charge in [0.15, 0.2) is 0 Å². The highest BCUT2D eigenvalue weighted by Crippen LogP contribution is 2.28. The van der Waals surface area contributed by atoms with Gasteiger partial charge in [-0.1, -0.05) is 18.2 Å². The molecule has 3 unspecified atom stereocenters. The van der Waals surface area contributed by atoms with Crippen LogP contribution in [0.3, 0.4) is 0 Å². The molecule has 9 heteroatoms. The normalized spacial score (nSPS) is 20.4. The van der Waals surface area contributed by atoms with Crippen molar-refractivity contribution >= 4 is 21.6 Å². The summed E-state index contributed by atoms with van der Waals surface area (Å²) in [6.45, 7) is 6.55. The van der Waals surface area contributed by atoms with E-state index in [9.17, 15) is 13.2 Å². The second-order valence-corrected chi connectivity index (χ2v) is 10.4. The summed E-state index contributed by atoms with van der Waals surface area (Å²) in [5.74, 6) is 0.587. The van der Waals surface area contributed by atoms with Gasteiger partial charge in [-0.3, -0.25) is 9.69 Å². The molecule has 2 aromatic rings. The van der Waals surface area contributed by atoms with Crippen molar-refractivity contribution in [1.29, 1.82) is 0 Å². The molecule has 1 saturated heterocycles. The standard InChI is InChI=1S/C24H33N3O5S/c1-17-14-27(15-18(2)32-17)33(29,30)21-12-10-20(11-13-21)25-24(28)16-26(4)19(3)22-8-6-7-9-23(22)31-5/h6-13,17-19H,14-16H2,1-5H3,(H,25,28). The molecule has 1 amide bonds. The fourth-order valence-corrected chi connectivity index (χ4v) is 5.59. The molecule has 0 bridgehead atoms. The lowest BCUT2D eigenvalue weighted by Gasteiger charge is -2.34. The number of benzene rings is 2. The third-order valence-corrected chi connectivity index (χ3v) is 7.65. The van der Waals surface area contributed by atoms with E-state index < -0.39 is 10.0 Å². The van der Waals surface area contributed by atoms with E-state index in [1.165, 1.54) is 16.4 Å². The Labute approximate surface area is 196 Å². The maximum atomic E-state index is 13.0. The zero-order valence-corrected chi connectivity index (χ0v) is 20.6. The average Bonchev–Trinajstić information content (AvgIpc) is 2.78. The fraction of sp³-hybridized carbons (Fsp3) is 0.458. The summed E-state index contributed by atoms with van der Waals surface area (Å²) < 4.78 is 38.5. The highest BCUT2D eigenvalue weighted by Gasteiger charge is 2.32. The third kappa shape index (κ3) is 6.11. The fourth-order valence-electron chi connectivity index (χ4n) is 4.00. The molecule has 3 rings (SSSR count). The number of likely N-dealkylation sites (N-methyl/N-ethyl adjacent to an activating group) is 1. The number of sulfonamides is 1. The van der Waals surface area contributed by atoms with Crippen molar-refractivity contribution in [2.45, 2.75) is 43.9 Å². The maximum absolute atomic E-state index is 13.0. The minimum atomic E-state index is -3.62. The smallest absolute Gasteiger partial charge is 0.243 e. The number of para-hydroxylation sites is 1. The molecule has 0 radical (unpaired) electrons. The predicted octanol–water partition coefficient (Wildman–Crippen LogP) is 3.12. The van der Waals surface area contributed by atoms with Crippen molar-refractivity contribution in [3.05, 3.63) is 54.1 Å². The van der Waals surface area contributed by atoms with Gasteiger partial charge in [0.05, 0.1) is 30.8 Å². The number of rotatable bonds is 8. The molecule has 180 valence electrons. The zero-order chi connectivity index (χ0) is 24.2. The minimum absolute atomic E-state index is 0.0299. The molecule has 0 aromatic heterocycles. The van der Waals surface area contributed by atoms with Crippen LogP contribution in [0.4, 0.5) is 5.69 Å². The predicted molar refractivity (Wildman–Crippen MR) is 128 cm³/mol. The Morgan fingerprint density at radius 1 is 1.15 bits per heavy atom. The second-order valence-electron chi connectivity index (χ2n) is 8.48. The summed E-state index contributed by atoms with van der Waals surface area (Å²) in [4.78, 5) is 14.7. The van der Waals surface area contributed by atoms with Gasteiger partial charge in [-0.05, 0) is 58.2 Å². The van der Waals surface area contributed by atoms with E-state index in [0.29, 0.717) is 18.8 Å². The number of ether oxygens (including phenoxy) is 2. The van der Waals surface area contributed by atoms with Crippen LogP contribution in [0.5, 0.6) is 5.75 Å². The summed E-state index contributed by atoms with van der Waals surface area (Å²) in [5, 5.41) is 2.84. The highest BCUT2D eigenvalue weighted by molar-refractivity contribution is 7.89. The lowest BCUT2D eigenvalue weighted by atomic mass is 10.1. The van der Waals surface area contributed by atoms with Gasteiger partial charge in [-0.25, -0.2) is 8.42 Å². The number of nitrogens with one attached hydrogen (secondary N) is 1. The Hall–Kier alpha value is -2.46. The Morgan fingerprint density at radius 2 is 1.76 bits per heavy atom. The molecule has 1 fully saturated rings. The van der Waals surface area contributed by atoms with Gasteiger partial charge in [0, 0.05) is 30.4 Å². The van der Waals surface area contributed by atoms with Crippen LogP contribution in [-0.4, -0.2) is 69.5 Å². The van der Waals surface area contributed by atoms with E-state index in [2.05, 4.69) is 5.32 Å². The lowest BCUT2D eigenvalue weighted by molar-refractivity contribution is -0.117. The molecule has 1 N–H and O–H groups in total.